The third kappa shape index (κ3) is 4.78. The Bertz CT molecular complexity index is 1510. The first-order valence-electron chi connectivity index (χ1n) is 11.0. The maximum atomic E-state index is 14.4. The van der Waals surface area contributed by atoms with Crippen LogP contribution in [0.15, 0.2) is 83.9 Å². The number of nitrogens with zero attached hydrogens (tertiary/aromatic N) is 2. The van der Waals surface area contributed by atoms with E-state index in [1.807, 2.05) is 34.9 Å². The van der Waals surface area contributed by atoms with Gasteiger partial charge in [-0.25, -0.2) is 4.39 Å². The minimum atomic E-state index is -0.540. The molecule has 0 aliphatic carbocycles. The number of amides is 3. The number of rotatable bonds is 6. The third-order valence-corrected chi connectivity index (χ3v) is 6.99. The van der Waals surface area contributed by atoms with Gasteiger partial charge < -0.3 is 9.88 Å². The van der Waals surface area contributed by atoms with Crippen molar-refractivity contribution in [3.63, 3.8) is 0 Å². The van der Waals surface area contributed by atoms with Crippen molar-refractivity contribution in [1.29, 1.82) is 0 Å². The fraction of sp³-hybridized carbons (Fsp3) is 0.0741. The molecule has 0 spiro atoms. The van der Waals surface area contributed by atoms with Crippen LogP contribution in [0.25, 0.3) is 17.0 Å². The predicted octanol–water partition coefficient (Wildman–Crippen LogP) is 6.16. The number of thioether (sulfide) groups is 1. The molecule has 0 radical (unpaired) electrons. The molecule has 0 unspecified atom stereocenters. The number of anilines is 1. The molecule has 6 nitrogen and oxygen atoms in total. The van der Waals surface area contributed by atoms with Crippen LogP contribution in [0.1, 0.15) is 11.1 Å². The molecule has 1 N–H and O–H groups in total. The van der Waals surface area contributed by atoms with Crippen molar-refractivity contribution in [3.8, 4) is 0 Å². The number of fused-ring (bicyclic) bond motifs is 1. The number of benzene rings is 3. The van der Waals surface area contributed by atoms with Gasteiger partial charge in [-0.3, -0.25) is 19.3 Å². The SMILES string of the molecule is O=C(CN1C(=O)S/C(=C\c2cn(Cc3c(F)cccc3Cl)c3ccccc23)C1=O)Nc1ccccc1. The average Bonchev–Trinajstić information content (AvgIpc) is 3.34. The zero-order valence-corrected chi connectivity index (χ0v) is 20.4. The Hall–Kier alpha value is -3.88. The van der Waals surface area contributed by atoms with Crippen molar-refractivity contribution in [2.45, 2.75) is 6.54 Å². The van der Waals surface area contributed by atoms with Gasteiger partial charge in [-0.2, -0.15) is 0 Å². The van der Waals surface area contributed by atoms with Gasteiger partial charge in [0, 0.05) is 38.9 Å². The van der Waals surface area contributed by atoms with Gasteiger partial charge in [0.25, 0.3) is 11.1 Å². The van der Waals surface area contributed by atoms with Crippen molar-refractivity contribution in [2.24, 2.45) is 0 Å². The van der Waals surface area contributed by atoms with Crippen LogP contribution < -0.4 is 5.32 Å². The summed E-state index contributed by atoms with van der Waals surface area (Å²) < 4.78 is 16.3. The van der Waals surface area contributed by atoms with Gasteiger partial charge in [-0.05, 0) is 48.2 Å². The zero-order valence-electron chi connectivity index (χ0n) is 18.8. The van der Waals surface area contributed by atoms with E-state index in [-0.39, 0.29) is 18.0 Å². The van der Waals surface area contributed by atoms with Gasteiger partial charge in [-0.15, -0.1) is 0 Å². The molecule has 1 fully saturated rings. The lowest BCUT2D eigenvalue weighted by Gasteiger charge is -2.12. The zero-order chi connectivity index (χ0) is 25.2. The van der Waals surface area contributed by atoms with Crippen LogP contribution >= 0.6 is 23.4 Å². The fourth-order valence-corrected chi connectivity index (χ4v) is 5.07. The number of carbonyl (C=O) groups is 3. The third-order valence-electron chi connectivity index (χ3n) is 5.73. The van der Waals surface area contributed by atoms with Gasteiger partial charge in [-0.1, -0.05) is 54.1 Å². The molecule has 1 aromatic heterocycles. The smallest absolute Gasteiger partial charge is 0.294 e. The van der Waals surface area contributed by atoms with Crippen LogP contribution in [-0.4, -0.2) is 33.1 Å². The summed E-state index contributed by atoms with van der Waals surface area (Å²) >= 11 is 7.01. The molecule has 2 heterocycles. The van der Waals surface area contributed by atoms with Gasteiger partial charge in [0.05, 0.1) is 11.4 Å². The second-order valence-corrected chi connectivity index (χ2v) is 9.51. The maximum Gasteiger partial charge on any atom is 0.294 e. The molecule has 0 atom stereocenters. The lowest BCUT2D eigenvalue weighted by Crippen LogP contribution is -2.36. The quantitative estimate of drug-likeness (QED) is 0.310. The topological polar surface area (TPSA) is 71.4 Å². The van der Waals surface area contributed by atoms with Crippen LogP contribution in [0.5, 0.6) is 0 Å². The number of para-hydroxylation sites is 2. The highest BCUT2D eigenvalue weighted by atomic mass is 35.5. The predicted molar refractivity (Wildman–Crippen MR) is 140 cm³/mol. The van der Waals surface area contributed by atoms with Gasteiger partial charge in [0.2, 0.25) is 5.91 Å². The first-order chi connectivity index (χ1) is 17.4. The van der Waals surface area contributed by atoms with Crippen LogP contribution in [0, 0.1) is 5.82 Å². The van der Waals surface area contributed by atoms with E-state index in [9.17, 15) is 18.8 Å². The van der Waals surface area contributed by atoms with Crippen LogP contribution in [0.3, 0.4) is 0 Å². The normalized spacial score (nSPS) is 14.7. The molecule has 36 heavy (non-hydrogen) atoms. The van der Waals surface area contributed by atoms with Crippen LogP contribution in [0.2, 0.25) is 5.02 Å². The number of halogens is 2. The lowest BCUT2D eigenvalue weighted by molar-refractivity contribution is -0.127. The molecular formula is C27H19ClFN3O3S. The number of nitrogens with one attached hydrogen (secondary N) is 1. The monoisotopic (exact) mass is 519 g/mol. The number of hydrogen-bond acceptors (Lipinski definition) is 4. The summed E-state index contributed by atoms with van der Waals surface area (Å²) in [5, 5.41) is 3.31. The van der Waals surface area contributed by atoms with E-state index < -0.39 is 22.9 Å². The van der Waals surface area contributed by atoms with E-state index in [2.05, 4.69) is 5.32 Å². The number of hydrogen-bond donors (Lipinski definition) is 1. The van der Waals surface area contributed by atoms with Crippen molar-refractivity contribution >= 4 is 63.1 Å². The van der Waals surface area contributed by atoms with E-state index >= 15 is 0 Å². The molecule has 5 rings (SSSR count). The highest BCUT2D eigenvalue weighted by molar-refractivity contribution is 8.18. The van der Waals surface area contributed by atoms with Gasteiger partial charge in [0.1, 0.15) is 12.4 Å². The Morgan fingerprint density at radius 3 is 2.53 bits per heavy atom. The first kappa shape index (κ1) is 23.8. The van der Waals surface area contributed by atoms with Gasteiger partial charge in [0.15, 0.2) is 0 Å². The Morgan fingerprint density at radius 2 is 1.75 bits per heavy atom. The van der Waals surface area contributed by atoms with Crippen LogP contribution in [0.4, 0.5) is 14.9 Å². The summed E-state index contributed by atoms with van der Waals surface area (Å²) in [6, 6.07) is 20.9. The molecule has 1 saturated heterocycles. The summed E-state index contributed by atoms with van der Waals surface area (Å²) in [6.07, 6.45) is 3.42. The summed E-state index contributed by atoms with van der Waals surface area (Å²) in [7, 11) is 0. The molecule has 4 aromatic rings. The van der Waals surface area contributed by atoms with Crippen molar-refractivity contribution in [3.05, 3.63) is 106 Å². The number of aromatic nitrogens is 1. The van der Waals surface area contributed by atoms with Crippen molar-refractivity contribution in [1.82, 2.24) is 9.47 Å². The van der Waals surface area contributed by atoms with Crippen molar-refractivity contribution in [2.75, 3.05) is 11.9 Å². The minimum absolute atomic E-state index is 0.195. The van der Waals surface area contributed by atoms with E-state index in [0.717, 1.165) is 27.6 Å². The van der Waals surface area contributed by atoms with E-state index in [1.54, 1.807) is 48.7 Å². The standard InChI is InChI=1S/C27H19ClFN3O3S/c28-21-10-6-11-22(29)20(21)15-31-14-17(19-9-4-5-12-23(19)31)13-24-26(34)32(27(35)36-24)16-25(33)30-18-7-2-1-3-8-18/h1-14H,15-16H2,(H,30,33)/b24-13-. The Balaban J connectivity index is 1.41. The molecule has 3 aromatic carbocycles. The maximum absolute atomic E-state index is 14.4. The molecule has 0 saturated carbocycles. The average molecular weight is 520 g/mol. The second kappa shape index (κ2) is 10.0. The summed E-state index contributed by atoms with van der Waals surface area (Å²) in [4.78, 5) is 39.1. The summed E-state index contributed by atoms with van der Waals surface area (Å²) in [5.74, 6) is -1.41. The Morgan fingerprint density at radius 1 is 1.00 bits per heavy atom. The molecule has 1 aliphatic rings. The van der Waals surface area contributed by atoms with E-state index in [0.29, 0.717) is 21.8 Å². The van der Waals surface area contributed by atoms with Crippen molar-refractivity contribution < 1.29 is 18.8 Å². The molecule has 0 bridgehead atoms. The van der Waals surface area contributed by atoms with Crippen LogP contribution in [-0.2, 0) is 16.1 Å². The molecular weight excluding hydrogens is 501 g/mol. The van der Waals surface area contributed by atoms with E-state index in [1.165, 1.54) is 6.07 Å². The fourth-order valence-electron chi connectivity index (χ4n) is 4.02. The van der Waals surface area contributed by atoms with Gasteiger partial charge >= 0.3 is 0 Å². The molecule has 1 aliphatic heterocycles. The first-order valence-corrected chi connectivity index (χ1v) is 12.2. The van der Waals surface area contributed by atoms with E-state index in [4.69, 9.17) is 11.6 Å². The highest BCUT2D eigenvalue weighted by Gasteiger charge is 2.36. The Labute approximate surface area is 215 Å². The minimum Gasteiger partial charge on any atom is -0.342 e. The highest BCUT2D eigenvalue weighted by Crippen LogP contribution is 2.34. The molecule has 9 heteroatoms. The molecule has 3 amide bonds. The Kier molecular flexibility index (Phi) is 6.63. The number of carbonyl (C=O) groups excluding carboxylic acids is 3. The second-order valence-electron chi connectivity index (χ2n) is 8.11. The largest absolute Gasteiger partial charge is 0.342 e. The lowest BCUT2D eigenvalue weighted by atomic mass is 10.1. The summed E-state index contributed by atoms with van der Waals surface area (Å²) in [6.45, 7) is -0.189. The summed E-state index contributed by atoms with van der Waals surface area (Å²) in [5.41, 5.74) is 2.45. The molecule has 180 valence electrons. The number of imide groups is 1.